The van der Waals surface area contributed by atoms with Crippen LogP contribution in [0.15, 0.2) is 0 Å². The first-order valence-corrected chi connectivity index (χ1v) is 3.15. The lowest BCUT2D eigenvalue weighted by Gasteiger charge is -2.18. The molecule has 0 aromatic heterocycles. The van der Waals surface area contributed by atoms with Gasteiger partial charge in [0.05, 0.1) is 0 Å². The van der Waals surface area contributed by atoms with Gasteiger partial charge in [0.25, 0.3) is 0 Å². The molecule has 2 N–H and O–H groups in total. The number of hydrogen-bond acceptors (Lipinski definition) is 1. The van der Waals surface area contributed by atoms with E-state index in [1.807, 2.05) is 13.8 Å². The molecule has 0 heterocycles. The first-order valence-electron chi connectivity index (χ1n) is 3.15. The molecule has 0 aromatic rings. The van der Waals surface area contributed by atoms with E-state index in [0.29, 0.717) is 6.04 Å². The van der Waals surface area contributed by atoms with Gasteiger partial charge in [-0.3, -0.25) is 0 Å². The topological polar surface area (TPSA) is 26.0 Å². The average molecular weight is 103 g/mol. The van der Waals surface area contributed by atoms with E-state index in [1.54, 1.807) is 0 Å². The van der Waals surface area contributed by atoms with E-state index in [9.17, 15) is 0 Å². The normalized spacial score (nSPS) is 19.3. The maximum absolute atomic E-state index is 5.38. The van der Waals surface area contributed by atoms with Crippen molar-refractivity contribution in [2.24, 2.45) is 5.73 Å². The van der Waals surface area contributed by atoms with Crippen molar-refractivity contribution in [1.82, 2.24) is 0 Å². The van der Waals surface area contributed by atoms with Gasteiger partial charge < -0.3 is 5.73 Å². The molecule has 0 spiro atoms. The third-order valence-corrected chi connectivity index (χ3v) is 1.15. The van der Waals surface area contributed by atoms with Crippen molar-refractivity contribution < 1.29 is 1.43 Å². The van der Waals surface area contributed by atoms with Crippen LogP contribution in [0.1, 0.15) is 34.5 Å². The van der Waals surface area contributed by atoms with Crippen molar-refractivity contribution in [3.63, 3.8) is 0 Å². The third kappa shape index (κ3) is 2.63. The molecular weight excluding hydrogens is 86.1 g/mol. The standard InChI is InChI=1S/C4H9N.C2H6.H2/c5-4-2-1-3-4;1-2;/h4H,1-3,5H2;1-2H3;1H. The Morgan fingerprint density at radius 3 is 1.71 bits per heavy atom. The number of nitrogens with two attached hydrogens (primary N) is 1. The summed E-state index contributed by atoms with van der Waals surface area (Å²) < 4.78 is 0. The summed E-state index contributed by atoms with van der Waals surface area (Å²) in [5.74, 6) is 0. The Labute approximate surface area is 47.4 Å². The molecule has 1 fully saturated rings. The van der Waals surface area contributed by atoms with Crippen molar-refractivity contribution in [3.8, 4) is 0 Å². The molecule has 1 aliphatic carbocycles. The SMILES string of the molecule is CC.NC1CCC1.[HH]. The van der Waals surface area contributed by atoms with E-state index in [-0.39, 0.29) is 1.43 Å². The highest BCUT2D eigenvalue weighted by Gasteiger charge is 2.09. The molecule has 0 unspecified atom stereocenters. The van der Waals surface area contributed by atoms with Gasteiger partial charge in [0.1, 0.15) is 0 Å². The van der Waals surface area contributed by atoms with Crippen LogP contribution in [0.3, 0.4) is 0 Å². The highest BCUT2D eigenvalue weighted by Crippen LogP contribution is 2.14. The predicted molar refractivity (Wildman–Crippen MR) is 35.3 cm³/mol. The van der Waals surface area contributed by atoms with Crippen LogP contribution < -0.4 is 5.73 Å². The van der Waals surface area contributed by atoms with E-state index in [4.69, 9.17) is 5.73 Å². The maximum atomic E-state index is 5.38. The monoisotopic (exact) mass is 103 g/mol. The minimum Gasteiger partial charge on any atom is -0.328 e. The second-order valence-electron chi connectivity index (χ2n) is 1.69. The van der Waals surface area contributed by atoms with Gasteiger partial charge in [-0.2, -0.15) is 0 Å². The Kier molecular flexibility index (Phi) is 4.10. The van der Waals surface area contributed by atoms with E-state index in [2.05, 4.69) is 0 Å². The number of hydrogen-bond donors (Lipinski definition) is 1. The quantitative estimate of drug-likeness (QED) is 0.497. The summed E-state index contributed by atoms with van der Waals surface area (Å²) in [4.78, 5) is 0. The predicted octanol–water partition coefficient (Wildman–Crippen LogP) is 1.77. The molecule has 1 saturated carbocycles. The molecule has 7 heavy (non-hydrogen) atoms. The van der Waals surface area contributed by atoms with Gasteiger partial charge in [-0.05, 0) is 12.8 Å². The van der Waals surface area contributed by atoms with Crippen LogP contribution in [-0.2, 0) is 0 Å². The Balaban J connectivity index is 0. The lowest BCUT2D eigenvalue weighted by Crippen LogP contribution is -2.27. The average Bonchev–Trinajstić information content (AvgIpc) is 1.68. The van der Waals surface area contributed by atoms with Crippen molar-refractivity contribution >= 4 is 0 Å². The molecule has 1 rings (SSSR count). The number of rotatable bonds is 0. The summed E-state index contributed by atoms with van der Waals surface area (Å²) in [6, 6.07) is 0.565. The van der Waals surface area contributed by atoms with Gasteiger partial charge in [0.15, 0.2) is 0 Å². The van der Waals surface area contributed by atoms with Crippen LogP contribution in [0, 0.1) is 0 Å². The molecule has 1 aliphatic rings. The lowest BCUT2D eigenvalue weighted by atomic mass is 9.95. The lowest BCUT2D eigenvalue weighted by molar-refractivity contribution is 0.418. The maximum Gasteiger partial charge on any atom is 0.00388 e. The van der Waals surface area contributed by atoms with Gasteiger partial charge in [-0.25, -0.2) is 0 Å². The van der Waals surface area contributed by atoms with Gasteiger partial charge >= 0.3 is 0 Å². The van der Waals surface area contributed by atoms with Crippen molar-refractivity contribution in [3.05, 3.63) is 0 Å². The molecule has 0 aromatic carbocycles. The van der Waals surface area contributed by atoms with E-state index < -0.39 is 0 Å². The van der Waals surface area contributed by atoms with Crippen LogP contribution in [0.25, 0.3) is 0 Å². The zero-order valence-electron chi connectivity index (χ0n) is 5.28. The first kappa shape index (κ1) is 6.96. The zero-order chi connectivity index (χ0) is 5.70. The fourth-order valence-electron chi connectivity index (χ4n) is 0.440. The summed E-state index contributed by atoms with van der Waals surface area (Å²) in [6.07, 6.45) is 3.89. The third-order valence-electron chi connectivity index (χ3n) is 1.15. The zero-order valence-corrected chi connectivity index (χ0v) is 5.28. The second kappa shape index (κ2) is 4.13. The summed E-state index contributed by atoms with van der Waals surface area (Å²) in [5.41, 5.74) is 5.38. The molecule has 0 bridgehead atoms. The molecule has 0 saturated heterocycles. The molecule has 1 nitrogen and oxygen atoms in total. The summed E-state index contributed by atoms with van der Waals surface area (Å²) in [6.45, 7) is 4.00. The van der Waals surface area contributed by atoms with Crippen molar-refractivity contribution in [2.75, 3.05) is 0 Å². The molecule has 1 heteroatoms. The van der Waals surface area contributed by atoms with Crippen LogP contribution in [0.2, 0.25) is 0 Å². The van der Waals surface area contributed by atoms with Crippen LogP contribution in [0.5, 0.6) is 0 Å². The van der Waals surface area contributed by atoms with Crippen LogP contribution in [-0.4, -0.2) is 6.04 Å². The minimum atomic E-state index is 0. The van der Waals surface area contributed by atoms with Gasteiger partial charge in [-0.1, -0.05) is 20.3 Å². The smallest absolute Gasteiger partial charge is 0.00388 e. The van der Waals surface area contributed by atoms with E-state index in [0.717, 1.165) is 0 Å². The summed E-state index contributed by atoms with van der Waals surface area (Å²) >= 11 is 0. The minimum absolute atomic E-state index is 0. The Bertz CT molecular complexity index is 35.5. The molecule has 0 aliphatic heterocycles. The Morgan fingerprint density at radius 1 is 1.43 bits per heavy atom. The Hall–Kier alpha value is -0.0400. The molecule has 0 amide bonds. The van der Waals surface area contributed by atoms with E-state index >= 15 is 0 Å². The van der Waals surface area contributed by atoms with Crippen molar-refractivity contribution in [1.29, 1.82) is 0 Å². The summed E-state index contributed by atoms with van der Waals surface area (Å²) in [5, 5.41) is 0. The Morgan fingerprint density at radius 2 is 1.71 bits per heavy atom. The fraction of sp³-hybridized carbons (Fsp3) is 1.00. The highest BCUT2D eigenvalue weighted by atomic mass is 14.6. The molecule has 0 radical (unpaired) electrons. The highest BCUT2D eigenvalue weighted by molar-refractivity contribution is 4.70. The van der Waals surface area contributed by atoms with Crippen LogP contribution in [0.4, 0.5) is 0 Å². The largest absolute Gasteiger partial charge is 0.328 e. The molecule has 46 valence electrons. The fourth-order valence-corrected chi connectivity index (χ4v) is 0.440. The van der Waals surface area contributed by atoms with Gasteiger partial charge in [0.2, 0.25) is 0 Å². The molecule has 0 atom stereocenters. The first-order chi connectivity index (χ1) is 3.39. The van der Waals surface area contributed by atoms with Crippen LogP contribution >= 0.6 is 0 Å². The van der Waals surface area contributed by atoms with Gasteiger partial charge in [0, 0.05) is 7.47 Å². The molecular formula is C6H17N. The second-order valence-corrected chi connectivity index (χ2v) is 1.69. The van der Waals surface area contributed by atoms with Crippen molar-refractivity contribution in [2.45, 2.75) is 39.2 Å². The summed E-state index contributed by atoms with van der Waals surface area (Å²) in [7, 11) is 0. The van der Waals surface area contributed by atoms with E-state index in [1.165, 1.54) is 19.3 Å². The van der Waals surface area contributed by atoms with Gasteiger partial charge in [-0.15, -0.1) is 0 Å².